The maximum atomic E-state index is 15.1. The van der Waals surface area contributed by atoms with Crippen molar-refractivity contribution in [3.05, 3.63) is 46.8 Å². The molecule has 0 saturated heterocycles. The fourth-order valence-electron chi connectivity index (χ4n) is 6.87. The minimum absolute atomic E-state index is 0.101. The summed E-state index contributed by atoms with van der Waals surface area (Å²) in [5.41, 5.74) is 3.83. The third-order valence-corrected chi connectivity index (χ3v) is 8.49. The van der Waals surface area contributed by atoms with E-state index in [1.807, 2.05) is 6.07 Å². The predicted molar refractivity (Wildman–Crippen MR) is 122 cm³/mol. The monoisotopic (exact) mass is 396 g/mol. The second-order valence-corrected chi connectivity index (χ2v) is 10.4. The van der Waals surface area contributed by atoms with Gasteiger partial charge in [-0.25, -0.2) is 4.39 Å². The molecule has 0 nitrogen and oxygen atoms in total. The van der Waals surface area contributed by atoms with Gasteiger partial charge in [0.2, 0.25) is 0 Å². The quantitative estimate of drug-likeness (QED) is 0.423. The van der Waals surface area contributed by atoms with Crippen LogP contribution < -0.4 is 0 Å². The summed E-state index contributed by atoms with van der Waals surface area (Å²) in [6, 6.07) is 4.22. The summed E-state index contributed by atoms with van der Waals surface area (Å²) in [6.45, 7) is 4.40. The van der Waals surface area contributed by atoms with Crippen molar-refractivity contribution in [3.63, 3.8) is 0 Å². The van der Waals surface area contributed by atoms with Crippen molar-refractivity contribution < 1.29 is 4.39 Å². The lowest BCUT2D eigenvalue weighted by atomic mass is 9.63. The molecule has 4 rings (SSSR count). The highest BCUT2D eigenvalue weighted by atomic mass is 19.1. The smallest absolute Gasteiger partial charge is 0.126 e. The first-order chi connectivity index (χ1) is 14.2. The van der Waals surface area contributed by atoms with Gasteiger partial charge >= 0.3 is 0 Å². The van der Waals surface area contributed by atoms with Gasteiger partial charge in [-0.05, 0) is 123 Å². The Labute approximate surface area is 178 Å². The highest BCUT2D eigenvalue weighted by Gasteiger charge is 2.36. The number of hydrogen-bond donors (Lipinski definition) is 0. The number of aryl methyl sites for hydroxylation is 1. The summed E-state index contributed by atoms with van der Waals surface area (Å²) in [7, 11) is 0. The lowest BCUT2D eigenvalue weighted by Gasteiger charge is -2.42. The molecule has 0 radical (unpaired) electrons. The van der Waals surface area contributed by atoms with Crippen LogP contribution >= 0.6 is 0 Å². The second-order valence-electron chi connectivity index (χ2n) is 10.4. The zero-order valence-corrected chi connectivity index (χ0v) is 18.8. The summed E-state index contributed by atoms with van der Waals surface area (Å²) >= 11 is 0. The summed E-state index contributed by atoms with van der Waals surface area (Å²) < 4.78 is 15.1. The average Bonchev–Trinajstić information content (AvgIpc) is 2.73. The van der Waals surface area contributed by atoms with Gasteiger partial charge < -0.3 is 0 Å². The minimum atomic E-state index is 0.101. The van der Waals surface area contributed by atoms with E-state index in [-0.39, 0.29) is 5.82 Å². The van der Waals surface area contributed by atoms with Crippen LogP contribution in [0.3, 0.4) is 0 Å². The van der Waals surface area contributed by atoms with E-state index in [1.54, 1.807) is 0 Å². The topological polar surface area (TPSA) is 0 Å². The van der Waals surface area contributed by atoms with Crippen molar-refractivity contribution in [2.75, 3.05) is 0 Å². The molecule has 5 unspecified atom stereocenters. The number of allylic oxidation sites excluding steroid dienone is 2. The third-order valence-electron chi connectivity index (χ3n) is 8.49. The van der Waals surface area contributed by atoms with Crippen LogP contribution in [0.25, 0.3) is 0 Å². The van der Waals surface area contributed by atoms with E-state index in [0.717, 1.165) is 35.7 Å². The zero-order valence-electron chi connectivity index (χ0n) is 18.8. The molecule has 0 heterocycles. The van der Waals surface area contributed by atoms with E-state index >= 15 is 4.39 Å². The lowest BCUT2D eigenvalue weighted by molar-refractivity contribution is 0.114. The van der Waals surface area contributed by atoms with Crippen molar-refractivity contribution in [2.45, 2.75) is 103 Å². The first-order valence-corrected chi connectivity index (χ1v) is 12.6. The molecule has 0 spiro atoms. The first-order valence-electron chi connectivity index (χ1n) is 12.6. The highest BCUT2D eigenvalue weighted by molar-refractivity contribution is 5.37. The summed E-state index contributed by atoms with van der Waals surface area (Å²) in [4.78, 5) is 0. The van der Waals surface area contributed by atoms with Gasteiger partial charge in [-0.3, -0.25) is 0 Å². The minimum Gasteiger partial charge on any atom is -0.207 e. The van der Waals surface area contributed by atoms with Gasteiger partial charge in [0.05, 0.1) is 0 Å². The Balaban J connectivity index is 1.39. The van der Waals surface area contributed by atoms with Gasteiger partial charge in [-0.1, -0.05) is 44.4 Å². The Morgan fingerprint density at radius 3 is 2.59 bits per heavy atom. The molecule has 1 aromatic rings. The van der Waals surface area contributed by atoms with Crippen LogP contribution in [-0.4, -0.2) is 0 Å². The Morgan fingerprint density at radius 2 is 1.76 bits per heavy atom. The fraction of sp³-hybridized carbons (Fsp3) is 0.714. The second kappa shape index (κ2) is 9.80. The molecular weight excluding hydrogens is 355 g/mol. The van der Waals surface area contributed by atoms with E-state index in [0.29, 0.717) is 5.92 Å². The molecular formula is C28H41F. The molecule has 2 fully saturated rings. The van der Waals surface area contributed by atoms with Gasteiger partial charge in [0.15, 0.2) is 0 Å². The molecule has 3 aliphatic carbocycles. The molecule has 3 aliphatic rings. The summed E-state index contributed by atoms with van der Waals surface area (Å²) in [6.07, 6.45) is 21.2. The van der Waals surface area contributed by atoms with E-state index in [1.165, 1.54) is 88.2 Å². The van der Waals surface area contributed by atoms with Crippen LogP contribution in [-0.2, 0) is 12.8 Å². The van der Waals surface area contributed by atoms with E-state index < -0.39 is 0 Å². The first kappa shape index (κ1) is 21.1. The van der Waals surface area contributed by atoms with Crippen molar-refractivity contribution >= 4 is 0 Å². The number of fused-ring (bicyclic) bond motifs is 2. The van der Waals surface area contributed by atoms with Crippen LogP contribution in [0.5, 0.6) is 0 Å². The third kappa shape index (κ3) is 4.97. The van der Waals surface area contributed by atoms with Crippen molar-refractivity contribution in [1.82, 2.24) is 0 Å². The van der Waals surface area contributed by atoms with Gasteiger partial charge in [0, 0.05) is 0 Å². The molecule has 5 atom stereocenters. The van der Waals surface area contributed by atoms with Gasteiger partial charge in [0.1, 0.15) is 5.82 Å². The van der Waals surface area contributed by atoms with Crippen molar-refractivity contribution in [3.8, 4) is 0 Å². The molecule has 0 N–H and O–H groups in total. The molecule has 0 bridgehead atoms. The molecule has 29 heavy (non-hydrogen) atoms. The van der Waals surface area contributed by atoms with Crippen molar-refractivity contribution in [2.24, 2.45) is 23.7 Å². The summed E-state index contributed by atoms with van der Waals surface area (Å²) in [5, 5.41) is 0. The molecule has 0 aliphatic heterocycles. The van der Waals surface area contributed by atoms with Crippen molar-refractivity contribution in [1.29, 1.82) is 0 Å². The van der Waals surface area contributed by atoms with Crippen LogP contribution in [0, 0.1) is 29.5 Å². The molecule has 160 valence electrons. The van der Waals surface area contributed by atoms with Crippen LogP contribution in [0.15, 0.2) is 24.3 Å². The van der Waals surface area contributed by atoms with Crippen LogP contribution in [0.4, 0.5) is 4.39 Å². The number of benzene rings is 1. The number of hydrogen-bond acceptors (Lipinski definition) is 0. The van der Waals surface area contributed by atoms with Gasteiger partial charge in [0.25, 0.3) is 0 Å². The Kier molecular flexibility index (Phi) is 7.14. The normalized spacial score (nSPS) is 32.2. The lowest BCUT2D eigenvalue weighted by Crippen LogP contribution is -2.30. The van der Waals surface area contributed by atoms with E-state index in [2.05, 4.69) is 32.1 Å². The van der Waals surface area contributed by atoms with E-state index in [4.69, 9.17) is 0 Å². The summed E-state index contributed by atoms with van der Waals surface area (Å²) in [5.74, 6) is 4.03. The Morgan fingerprint density at radius 1 is 0.931 bits per heavy atom. The Bertz CT molecular complexity index is 703. The molecule has 0 amide bonds. The SMILES string of the molecule is C/C=C/CCC1CCC2CC(c3cc4c(cc3F)CC(CCC)CC4)CCC2C1. The fourth-order valence-corrected chi connectivity index (χ4v) is 6.87. The average molecular weight is 397 g/mol. The van der Waals surface area contributed by atoms with E-state index in [9.17, 15) is 0 Å². The predicted octanol–water partition coefficient (Wildman–Crippen LogP) is 8.39. The maximum absolute atomic E-state index is 15.1. The standard InChI is InChI=1S/C28H41F/c1-3-5-6-8-21-10-11-23-17-25(14-13-22(23)15-21)27-18-24-12-9-20(7-4-2)16-26(24)19-28(27)29/h3,5,18-23,25H,4,6-17H2,1-2H3/b5-3+. The molecule has 1 heteroatoms. The number of rotatable bonds is 6. The highest BCUT2D eigenvalue weighted by Crippen LogP contribution is 2.49. The molecule has 1 aromatic carbocycles. The Hall–Kier alpha value is -1.11. The molecule has 0 aromatic heterocycles. The largest absolute Gasteiger partial charge is 0.207 e. The molecule has 2 saturated carbocycles. The van der Waals surface area contributed by atoms with Gasteiger partial charge in [-0.2, -0.15) is 0 Å². The van der Waals surface area contributed by atoms with Gasteiger partial charge in [-0.15, -0.1) is 0 Å². The number of halogens is 1. The maximum Gasteiger partial charge on any atom is 0.126 e. The van der Waals surface area contributed by atoms with Crippen LogP contribution in [0.1, 0.15) is 107 Å². The zero-order chi connectivity index (χ0) is 20.2. The van der Waals surface area contributed by atoms with Crippen LogP contribution in [0.2, 0.25) is 0 Å².